The summed E-state index contributed by atoms with van der Waals surface area (Å²) in [6.45, 7) is 9.73. The summed E-state index contributed by atoms with van der Waals surface area (Å²) < 4.78 is 25.7. The average molecular weight is 340 g/mol. The zero-order chi connectivity index (χ0) is 17.5. The van der Waals surface area contributed by atoms with Crippen LogP contribution in [0.5, 0.6) is 0 Å². The van der Waals surface area contributed by atoms with Crippen LogP contribution in [-0.4, -0.2) is 34.0 Å². The van der Waals surface area contributed by atoms with E-state index in [1.54, 1.807) is 24.3 Å². The molecule has 0 fully saturated rings. The highest BCUT2D eigenvalue weighted by Gasteiger charge is 2.11. The molecule has 3 N–H and O–H groups in total. The van der Waals surface area contributed by atoms with Gasteiger partial charge in [-0.2, -0.15) is 0 Å². The number of aliphatic imine (C=N–C) groups is 1. The number of hydrogen-bond donors (Lipinski definition) is 3. The van der Waals surface area contributed by atoms with Gasteiger partial charge in [0, 0.05) is 12.6 Å². The molecule has 0 amide bonds. The quantitative estimate of drug-likeness (QED) is 0.521. The van der Waals surface area contributed by atoms with E-state index in [0.29, 0.717) is 18.5 Å². The zero-order valence-electron chi connectivity index (χ0n) is 14.6. The van der Waals surface area contributed by atoms with Crippen LogP contribution in [0.1, 0.15) is 33.3 Å². The maximum Gasteiger partial charge on any atom is 0.240 e. The van der Waals surface area contributed by atoms with E-state index in [1.807, 2.05) is 6.92 Å². The van der Waals surface area contributed by atoms with E-state index in [-0.39, 0.29) is 4.90 Å². The van der Waals surface area contributed by atoms with Crippen molar-refractivity contribution in [2.75, 3.05) is 13.6 Å². The highest BCUT2D eigenvalue weighted by Crippen LogP contribution is 2.11. The molecule has 1 aromatic carbocycles. The molecule has 0 saturated heterocycles. The summed E-state index contributed by atoms with van der Waals surface area (Å²) in [5.74, 6) is 1.27. The van der Waals surface area contributed by atoms with E-state index in [0.717, 1.165) is 18.1 Å². The summed E-state index contributed by atoms with van der Waals surface area (Å²) in [5.41, 5.74) is 0.953. The number of benzene rings is 1. The Morgan fingerprint density at radius 1 is 1.17 bits per heavy atom. The summed E-state index contributed by atoms with van der Waals surface area (Å²) in [7, 11) is -1.99. The molecule has 0 radical (unpaired) electrons. The molecule has 0 saturated carbocycles. The van der Waals surface area contributed by atoms with Crippen molar-refractivity contribution >= 4 is 16.0 Å². The highest BCUT2D eigenvalue weighted by molar-refractivity contribution is 7.89. The first-order valence-corrected chi connectivity index (χ1v) is 9.35. The third kappa shape index (κ3) is 6.19. The smallest absolute Gasteiger partial charge is 0.240 e. The molecule has 0 heterocycles. The predicted molar refractivity (Wildman–Crippen MR) is 94.9 cm³/mol. The Morgan fingerprint density at radius 2 is 1.78 bits per heavy atom. The number of sulfonamides is 1. The van der Waals surface area contributed by atoms with Gasteiger partial charge >= 0.3 is 0 Å². The predicted octanol–water partition coefficient (Wildman–Crippen LogP) is 1.69. The third-order valence-electron chi connectivity index (χ3n) is 3.63. The molecule has 1 atom stereocenters. The van der Waals surface area contributed by atoms with Gasteiger partial charge in [-0.25, -0.2) is 18.1 Å². The van der Waals surface area contributed by atoms with Crippen molar-refractivity contribution in [1.82, 2.24) is 15.4 Å². The third-order valence-corrected chi connectivity index (χ3v) is 5.06. The van der Waals surface area contributed by atoms with Gasteiger partial charge in [0.2, 0.25) is 10.0 Å². The van der Waals surface area contributed by atoms with Crippen molar-refractivity contribution in [2.24, 2.45) is 10.9 Å². The number of nitrogens with one attached hydrogen (secondary N) is 3. The lowest BCUT2D eigenvalue weighted by atomic mass is 10.1. The van der Waals surface area contributed by atoms with Crippen molar-refractivity contribution in [3.8, 4) is 0 Å². The van der Waals surface area contributed by atoms with E-state index in [9.17, 15) is 8.42 Å². The molecule has 0 spiro atoms. The van der Waals surface area contributed by atoms with Crippen LogP contribution in [-0.2, 0) is 16.6 Å². The second-order valence-corrected chi connectivity index (χ2v) is 7.61. The minimum atomic E-state index is -3.39. The molecule has 0 aliphatic rings. The van der Waals surface area contributed by atoms with Gasteiger partial charge in [-0.3, -0.25) is 0 Å². The standard InChI is InChI=1S/C16H28N4O2S/c1-6-18-16(20-13(4)12(2)3)19-11-14-7-9-15(10-8-14)23(21,22)17-5/h7-10,12-13,17H,6,11H2,1-5H3,(H2,18,19,20). The van der Waals surface area contributed by atoms with Gasteiger partial charge in [0.15, 0.2) is 5.96 Å². The van der Waals surface area contributed by atoms with Crippen molar-refractivity contribution < 1.29 is 8.42 Å². The van der Waals surface area contributed by atoms with E-state index in [4.69, 9.17) is 0 Å². The molecular weight excluding hydrogens is 312 g/mol. The number of rotatable bonds is 7. The van der Waals surface area contributed by atoms with Crippen LogP contribution < -0.4 is 15.4 Å². The maximum atomic E-state index is 11.7. The Balaban J connectivity index is 2.80. The van der Waals surface area contributed by atoms with Gasteiger partial charge in [0.25, 0.3) is 0 Å². The SMILES string of the molecule is CCNC(=NCc1ccc(S(=O)(=O)NC)cc1)NC(C)C(C)C. The van der Waals surface area contributed by atoms with Crippen LogP contribution in [0.2, 0.25) is 0 Å². The Hall–Kier alpha value is -1.60. The number of hydrogen-bond acceptors (Lipinski definition) is 3. The van der Waals surface area contributed by atoms with Crippen LogP contribution in [0.25, 0.3) is 0 Å². The molecule has 1 unspecified atom stereocenters. The van der Waals surface area contributed by atoms with Gasteiger partial charge < -0.3 is 10.6 Å². The first-order valence-electron chi connectivity index (χ1n) is 7.87. The van der Waals surface area contributed by atoms with Gasteiger partial charge in [-0.1, -0.05) is 26.0 Å². The fourth-order valence-electron chi connectivity index (χ4n) is 1.76. The van der Waals surface area contributed by atoms with Crippen LogP contribution in [0.3, 0.4) is 0 Å². The Morgan fingerprint density at radius 3 is 2.26 bits per heavy atom. The molecule has 7 heteroatoms. The Bertz CT molecular complexity index is 609. The van der Waals surface area contributed by atoms with Crippen LogP contribution in [0.15, 0.2) is 34.2 Å². The van der Waals surface area contributed by atoms with Crippen molar-refractivity contribution in [3.05, 3.63) is 29.8 Å². The Kier molecular flexibility index (Phi) is 7.51. The topological polar surface area (TPSA) is 82.6 Å². The van der Waals surface area contributed by atoms with E-state index >= 15 is 0 Å². The highest BCUT2D eigenvalue weighted by atomic mass is 32.2. The normalized spacial score (nSPS) is 13.9. The fraction of sp³-hybridized carbons (Fsp3) is 0.562. The average Bonchev–Trinajstić information content (AvgIpc) is 2.53. The Labute approximate surface area is 139 Å². The summed E-state index contributed by atoms with van der Waals surface area (Å²) in [4.78, 5) is 4.80. The molecule has 0 aromatic heterocycles. The molecule has 130 valence electrons. The van der Waals surface area contributed by atoms with E-state index in [2.05, 4.69) is 41.1 Å². The largest absolute Gasteiger partial charge is 0.357 e. The lowest BCUT2D eigenvalue weighted by Gasteiger charge is -2.20. The van der Waals surface area contributed by atoms with E-state index in [1.165, 1.54) is 7.05 Å². The fourth-order valence-corrected chi connectivity index (χ4v) is 2.49. The van der Waals surface area contributed by atoms with Crippen LogP contribution in [0, 0.1) is 5.92 Å². The molecule has 0 aliphatic heterocycles. The monoisotopic (exact) mass is 340 g/mol. The van der Waals surface area contributed by atoms with Crippen molar-refractivity contribution in [1.29, 1.82) is 0 Å². The second-order valence-electron chi connectivity index (χ2n) is 5.72. The molecule has 1 rings (SSSR count). The second kappa shape index (κ2) is 8.88. The minimum absolute atomic E-state index is 0.256. The molecular formula is C16H28N4O2S. The van der Waals surface area contributed by atoms with Gasteiger partial charge in [0.05, 0.1) is 11.4 Å². The first kappa shape index (κ1) is 19.4. The first-order chi connectivity index (χ1) is 10.8. The summed E-state index contributed by atoms with van der Waals surface area (Å²) in [6.07, 6.45) is 0. The van der Waals surface area contributed by atoms with Crippen LogP contribution in [0.4, 0.5) is 0 Å². The van der Waals surface area contributed by atoms with Crippen molar-refractivity contribution in [2.45, 2.75) is 45.2 Å². The summed E-state index contributed by atoms with van der Waals surface area (Å²) in [6, 6.07) is 7.06. The van der Waals surface area contributed by atoms with Crippen molar-refractivity contribution in [3.63, 3.8) is 0 Å². The van der Waals surface area contributed by atoms with Gasteiger partial charge in [0.1, 0.15) is 0 Å². The lowest BCUT2D eigenvalue weighted by Crippen LogP contribution is -2.44. The number of guanidine groups is 1. The lowest BCUT2D eigenvalue weighted by molar-refractivity contribution is 0.481. The van der Waals surface area contributed by atoms with E-state index < -0.39 is 10.0 Å². The van der Waals surface area contributed by atoms with Gasteiger partial charge in [-0.05, 0) is 44.5 Å². The summed E-state index contributed by atoms with van der Waals surface area (Å²) >= 11 is 0. The minimum Gasteiger partial charge on any atom is -0.357 e. The molecule has 1 aromatic rings. The van der Waals surface area contributed by atoms with Crippen LogP contribution >= 0.6 is 0 Å². The molecule has 6 nitrogen and oxygen atoms in total. The van der Waals surface area contributed by atoms with Gasteiger partial charge in [-0.15, -0.1) is 0 Å². The molecule has 23 heavy (non-hydrogen) atoms. The number of nitrogens with zero attached hydrogens (tertiary/aromatic N) is 1. The maximum absolute atomic E-state index is 11.7. The molecule has 0 bridgehead atoms. The summed E-state index contributed by atoms with van der Waals surface area (Å²) in [5, 5.41) is 6.58. The molecule has 0 aliphatic carbocycles. The zero-order valence-corrected chi connectivity index (χ0v) is 15.4.